The second kappa shape index (κ2) is 6.64. The Hall–Kier alpha value is -2.00. The topological polar surface area (TPSA) is 44.5 Å². The summed E-state index contributed by atoms with van der Waals surface area (Å²) in [5, 5.41) is 0. The van der Waals surface area contributed by atoms with Crippen molar-refractivity contribution >= 4 is 0 Å². The first-order valence-corrected chi connectivity index (χ1v) is 7.09. The molecular weight excluding hydrogens is 262 g/mol. The first-order chi connectivity index (χ1) is 10.1. The normalized spacial score (nSPS) is 12.0. The highest BCUT2D eigenvalue weighted by Crippen LogP contribution is 2.33. The van der Waals surface area contributed by atoms with E-state index in [2.05, 4.69) is 32.0 Å². The number of benzene rings is 2. The molecule has 2 N–H and O–H groups in total. The van der Waals surface area contributed by atoms with Gasteiger partial charge in [-0.3, -0.25) is 0 Å². The molecule has 0 spiro atoms. The molecule has 0 amide bonds. The summed E-state index contributed by atoms with van der Waals surface area (Å²) in [4.78, 5) is 0. The van der Waals surface area contributed by atoms with Gasteiger partial charge >= 0.3 is 0 Å². The van der Waals surface area contributed by atoms with Crippen molar-refractivity contribution in [2.45, 2.75) is 19.8 Å². The van der Waals surface area contributed by atoms with Crippen molar-refractivity contribution in [1.82, 2.24) is 0 Å². The summed E-state index contributed by atoms with van der Waals surface area (Å²) in [6, 6.07) is 12.3. The van der Waals surface area contributed by atoms with Crippen LogP contribution in [-0.4, -0.2) is 20.8 Å². The molecule has 0 aromatic heterocycles. The molecule has 0 heterocycles. The van der Waals surface area contributed by atoms with Gasteiger partial charge in [0.15, 0.2) is 0 Å². The zero-order valence-electron chi connectivity index (χ0n) is 13.1. The Kier molecular flexibility index (Phi) is 4.86. The minimum absolute atomic E-state index is 0.134. The molecule has 0 saturated heterocycles. The molecular formula is C18H23NO2. The maximum Gasteiger partial charge on any atom is 0.122 e. The van der Waals surface area contributed by atoms with Crippen LogP contribution in [0.2, 0.25) is 0 Å². The fourth-order valence-corrected chi connectivity index (χ4v) is 2.83. The second-order valence-electron chi connectivity index (χ2n) is 5.24. The van der Waals surface area contributed by atoms with Crippen LogP contribution in [0.1, 0.15) is 28.2 Å². The van der Waals surface area contributed by atoms with Gasteiger partial charge in [0, 0.05) is 18.5 Å². The summed E-state index contributed by atoms with van der Waals surface area (Å²) >= 11 is 0. The van der Waals surface area contributed by atoms with Gasteiger partial charge in [-0.25, -0.2) is 0 Å². The summed E-state index contributed by atoms with van der Waals surface area (Å²) in [6.07, 6.45) is 0. The highest BCUT2D eigenvalue weighted by molar-refractivity contribution is 5.47. The largest absolute Gasteiger partial charge is 0.497 e. The molecule has 2 aromatic rings. The van der Waals surface area contributed by atoms with E-state index in [1.807, 2.05) is 18.2 Å². The van der Waals surface area contributed by atoms with Crippen LogP contribution in [0.3, 0.4) is 0 Å². The van der Waals surface area contributed by atoms with E-state index in [9.17, 15) is 0 Å². The molecule has 0 aliphatic heterocycles. The predicted octanol–water partition coefficient (Wildman–Crippen LogP) is 3.41. The molecule has 3 heteroatoms. The zero-order chi connectivity index (χ0) is 15.4. The van der Waals surface area contributed by atoms with Crippen LogP contribution in [0.15, 0.2) is 36.4 Å². The van der Waals surface area contributed by atoms with Crippen molar-refractivity contribution < 1.29 is 9.47 Å². The lowest BCUT2D eigenvalue weighted by Gasteiger charge is -2.22. The number of hydrogen-bond acceptors (Lipinski definition) is 3. The lowest BCUT2D eigenvalue weighted by Crippen LogP contribution is -2.16. The van der Waals surface area contributed by atoms with E-state index in [1.54, 1.807) is 14.2 Å². The van der Waals surface area contributed by atoms with Gasteiger partial charge in [0.2, 0.25) is 0 Å². The molecule has 112 valence electrons. The van der Waals surface area contributed by atoms with Crippen LogP contribution in [-0.2, 0) is 0 Å². The van der Waals surface area contributed by atoms with E-state index in [0.29, 0.717) is 6.54 Å². The average Bonchev–Trinajstić information content (AvgIpc) is 2.50. The Morgan fingerprint density at radius 3 is 1.90 bits per heavy atom. The van der Waals surface area contributed by atoms with Crippen LogP contribution in [0.4, 0.5) is 0 Å². The first kappa shape index (κ1) is 15.4. The third-order valence-electron chi connectivity index (χ3n) is 3.90. The Bertz CT molecular complexity index is 580. The van der Waals surface area contributed by atoms with Gasteiger partial charge in [-0.1, -0.05) is 18.2 Å². The van der Waals surface area contributed by atoms with Crippen LogP contribution in [0, 0.1) is 13.8 Å². The molecule has 1 unspecified atom stereocenters. The Morgan fingerprint density at radius 2 is 1.48 bits per heavy atom. The molecule has 0 bridgehead atoms. The number of aryl methyl sites for hydroxylation is 2. The van der Waals surface area contributed by atoms with E-state index in [4.69, 9.17) is 15.2 Å². The predicted molar refractivity (Wildman–Crippen MR) is 86.4 cm³/mol. The molecule has 0 fully saturated rings. The quantitative estimate of drug-likeness (QED) is 0.915. The third-order valence-corrected chi connectivity index (χ3v) is 3.90. The van der Waals surface area contributed by atoms with Crippen molar-refractivity contribution in [1.29, 1.82) is 0 Å². The summed E-state index contributed by atoms with van der Waals surface area (Å²) in [5.41, 5.74) is 11.0. The molecule has 1 atom stereocenters. The highest BCUT2D eigenvalue weighted by atomic mass is 16.5. The van der Waals surface area contributed by atoms with E-state index in [0.717, 1.165) is 17.1 Å². The van der Waals surface area contributed by atoms with Gasteiger partial charge < -0.3 is 15.2 Å². The van der Waals surface area contributed by atoms with Crippen molar-refractivity contribution in [2.75, 3.05) is 20.8 Å². The fraction of sp³-hybridized carbons (Fsp3) is 0.333. The van der Waals surface area contributed by atoms with Gasteiger partial charge in [0.1, 0.15) is 11.5 Å². The maximum absolute atomic E-state index is 6.08. The molecule has 0 aliphatic carbocycles. The van der Waals surface area contributed by atoms with Crippen molar-refractivity contribution in [3.8, 4) is 11.5 Å². The standard InChI is InChI=1S/C18H23NO2/c1-12-6-5-7-13(2)18(12)17(11-19)14-8-15(20-3)10-16(9-14)21-4/h5-10,17H,11,19H2,1-4H3. The van der Waals surface area contributed by atoms with E-state index in [-0.39, 0.29) is 5.92 Å². The summed E-state index contributed by atoms with van der Waals surface area (Å²) in [6.45, 7) is 4.80. The smallest absolute Gasteiger partial charge is 0.122 e. The first-order valence-electron chi connectivity index (χ1n) is 7.09. The highest BCUT2D eigenvalue weighted by Gasteiger charge is 2.18. The van der Waals surface area contributed by atoms with E-state index < -0.39 is 0 Å². The van der Waals surface area contributed by atoms with Gasteiger partial charge in [-0.15, -0.1) is 0 Å². The molecule has 0 saturated carbocycles. The van der Waals surface area contributed by atoms with Gasteiger partial charge in [0.25, 0.3) is 0 Å². The number of nitrogens with two attached hydrogens (primary N) is 1. The summed E-state index contributed by atoms with van der Waals surface area (Å²) in [5.74, 6) is 1.71. The van der Waals surface area contributed by atoms with Crippen molar-refractivity contribution in [3.63, 3.8) is 0 Å². The molecule has 0 aliphatic rings. The van der Waals surface area contributed by atoms with Crippen molar-refractivity contribution in [2.24, 2.45) is 5.73 Å². The molecule has 3 nitrogen and oxygen atoms in total. The third kappa shape index (κ3) is 3.19. The van der Waals surface area contributed by atoms with Crippen LogP contribution in [0.25, 0.3) is 0 Å². The summed E-state index contributed by atoms with van der Waals surface area (Å²) < 4.78 is 10.7. The minimum atomic E-state index is 0.134. The second-order valence-corrected chi connectivity index (χ2v) is 5.24. The number of rotatable bonds is 5. The Balaban J connectivity index is 2.56. The minimum Gasteiger partial charge on any atom is -0.497 e. The lowest BCUT2D eigenvalue weighted by molar-refractivity contribution is 0.393. The van der Waals surface area contributed by atoms with Gasteiger partial charge in [-0.2, -0.15) is 0 Å². The summed E-state index contributed by atoms with van der Waals surface area (Å²) in [7, 11) is 3.32. The van der Waals surface area contributed by atoms with E-state index in [1.165, 1.54) is 16.7 Å². The Morgan fingerprint density at radius 1 is 0.952 bits per heavy atom. The number of ether oxygens (including phenoxy) is 2. The molecule has 2 rings (SSSR count). The van der Waals surface area contributed by atoms with Crippen LogP contribution >= 0.6 is 0 Å². The molecule has 0 radical (unpaired) electrons. The Labute approximate surface area is 126 Å². The van der Waals surface area contributed by atoms with Gasteiger partial charge in [-0.05, 0) is 48.2 Å². The SMILES string of the molecule is COc1cc(OC)cc(C(CN)c2c(C)cccc2C)c1. The zero-order valence-corrected chi connectivity index (χ0v) is 13.1. The lowest BCUT2D eigenvalue weighted by atomic mass is 9.85. The average molecular weight is 285 g/mol. The maximum atomic E-state index is 6.08. The molecule has 21 heavy (non-hydrogen) atoms. The number of hydrogen-bond donors (Lipinski definition) is 1. The van der Waals surface area contributed by atoms with E-state index >= 15 is 0 Å². The van der Waals surface area contributed by atoms with Crippen LogP contribution in [0.5, 0.6) is 11.5 Å². The van der Waals surface area contributed by atoms with Crippen molar-refractivity contribution in [3.05, 3.63) is 58.7 Å². The fourth-order valence-electron chi connectivity index (χ4n) is 2.83. The number of methoxy groups -OCH3 is 2. The van der Waals surface area contributed by atoms with Gasteiger partial charge in [0.05, 0.1) is 14.2 Å². The monoisotopic (exact) mass is 285 g/mol. The molecule has 2 aromatic carbocycles. The van der Waals surface area contributed by atoms with Crippen LogP contribution < -0.4 is 15.2 Å².